The fraction of sp³-hybridized carbons (Fsp3) is 0.0833. The molecule has 0 amide bonds. The molecule has 0 saturated heterocycles. The highest BCUT2D eigenvalue weighted by atomic mass is 35.5. The normalized spacial score (nSPS) is 10.6. The summed E-state index contributed by atoms with van der Waals surface area (Å²) < 4.78 is 6.87. The first-order valence-corrected chi connectivity index (χ1v) is 6.00. The number of nitrogens with one attached hydrogen (secondary N) is 1. The van der Waals surface area contributed by atoms with Crippen molar-refractivity contribution in [3.63, 3.8) is 0 Å². The van der Waals surface area contributed by atoms with Gasteiger partial charge in [-0.25, -0.2) is 4.68 Å². The highest BCUT2D eigenvalue weighted by Crippen LogP contribution is 2.17. The summed E-state index contributed by atoms with van der Waals surface area (Å²) in [6.07, 6.45) is 1.55. The van der Waals surface area contributed by atoms with Gasteiger partial charge in [-0.1, -0.05) is 6.07 Å². The molecule has 0 spiro atoms. The third-order valence-corrected chi connectivity index (χ3v) is 2.76. The number of rotatable bonds is 4. The molecule has 7 heteroatoms. The minimum absolute atomic E-state index is 0.388. The van der Waals surface area contributed by atoms with Crippen LogP contribution < -0.4 is 5.32 Å². The Bertz CT molecular complexity index is 664. The predicted molar refractivity (Wildman–Crippen MR) is 70.2 cm³/mol. The number of halogens is 1. The Morgan fingerprint density at radius 1 is 1.26 bits per heavy atom. The molecule has 19 heavy (non-hydrogen) atoms. The first kappa shape index (κ1) is 11.7. The van der Waals surface area contributed by atoms with Crippen LogP contribution in [0.4, 0.5) is 5.69 Å². The Balaban J connectivity index is 1.73. The van der Waals surface area contributed by atoms with E-state index in [-0.39, 0.29) is 0 Å². The number of hydrogen-bond donors (Lipinski definition) is 1. The lowest BCUT2D eigenvalue weighted by atomic mass is 10.2. The molecular weight excluding hydrogens is 266 g/mol. The summed E-state index contributed by atoms with van der Waals surface area (Å²) in [5.41, 5.74) is 1.83. The number of furan rings is 1. The zero-order chi connectivity index (χ0) is 13.1. The average molecular weight is 276 g/mol. The summed E-state index contributed by atoms with van der Waals surface area (Å²) in [6, 6.07) is 11.3. The van der Waals surface area contributed by atoms with E-state index in [0.717, 1.165) is 17.1 Å². The number of benzene rings is 1. The molecule has 2 aromatic heterocycles. The second-order valence-corrected chi connectivity index (χ2v) is 4.24. The van der Waals surface area contributed by atoms with Crippen molar-refractivity contribution in [2.75, 3.05) is 5.32 Å². The molecular formula is C12H10ClN5O. The van der Waals surface area contributed by atoms with E-state index in [9.17, 15) is 0 Å². The molecule has 0 atom stereocenters. The van der Waals surface area contributed by atoms with Gasteiger partial charge in [0.25, 0.3) is 0 Å². The van der Waals surface area contributed by atoms with Crippen LogP contribution in [0.2, 0.25) is 5.22 Å². The molecule has 3 aromatic rings. The molecule has 2 heterocycles. The zero-order valence-electron chi connectivity index (χ0n) is 9.82. The van der Waals surface area contributed by atoms with Crippen LogP contribution in [0.3, 0.4) is 0 Å². The second kappa shape index (κ2) is 5.11. The van der Waals surface area contributed by atoms with Crippen molar-refractivity contribution in [2.45, 2.75) is 6.54 Å². The van der Waals surface area contributed by atoms with Crippen LogP contribution in [0.25, 0.3) is 5.69 Å². The van der Waals surface area contributed by atoms with Gasteiger partial charge in [-0.05, 0) is 52.4 Å². The molecule has 6 nitrogen and oxygen atoms in total. The summed E-state index contributed by atoms with van der Waals surface area (Å²) in [5, 5.41) is 14.7. The molecule has 1 aromatic carbocycles. The van der Waals surface area contributed by atoms with E-state index in [1.807, 2.05) is 30.3 Å². The van der Waals surface area contributed by atoms with Gasteiger partial charge in [-0.2, -0.15) is 0 Å². The number of nitrogens with zero attached hydrogens (tertiary/aromatic N) is 4. The van der Waals surface area contributed by atoms with Crippen molar-refractivity contribution >= 4 is 17.3 Å². The lowest BCUT2D eigenvalue weighted by Gasteiger charge is -2.06. The molecule has 0 aliphatic rings. The molecule has 3 rings (SSSR count). The smallest absolute Gasteiger partial charge is 0.193 e. The van der Waals surface area contributed by atoms with Crippen LogP contribution in [0.15, 0.2) is 47.1 Å². The van der Waals surface area contributed by atoms with Gasteiger partial charge in [0.15, 0.2) is 5.22 Å². The minimum atomic E-state index is 0.388. The maximum atomic E-state index is 5.71. The largest absolute Gasteiger partial charge is 0.448 e. The van der Waals surface area contributed by atoms with E-state index < -0.39 is 0 Å². The van der Waals surface area contributed by atoms with Gasteiger partial charge in [-0.3, -0.25) is 0 Å². The lowest BCUT2D eigenvalue weighted by molar-refractivity contribution is 0.520. The van der Waals surface area contributed by atoms with E-state index >= 15 is 0 Å². The van der Waals surface area contributed by atoms with Crippen LogP contribution in [-0.2, 0) is 6.54 Å². The van der Waals surface area contributed by atoms with Crippen molar-refractivity contribution in [1.82, 2.24) is 20.2 Å². The van der Waals surface area contributed by atoms with Gasteiger partial charge in [0.05, 0.1) is 12.2 Å². The highest BCUT2D eigenvalue weighted by Gasteiger charge is 2.02. The summed E-state index contributed by atoms with van der Waals surface area (Å²) in [5.74, 6) is 0.776. The lowest BCUT2D eigenvalue weighted by Crippen LogP contribution is -2.00. The topological polar surface area (TPSA) is 68.8 Å². The minimum Gasteiger partial charge on any atom is -0.448 e. The van der Waals surface area contributed by atoms with E-state index in [0.29, 0.717) is 11.8 Å². The molecule has 0 aliphatic heterocycles. The van der Waals surface area contributed by atoms with Crippen molar-refractivity contribution in [2.24, 2.45) is 0 Å². The van der Waals surface area contributed by atoms with Gasteiger partial charge in [0, 0.05) is 5.69 Å². The van der Waals surface area contributed by atoms with Crippen LogP contribution in [0.5, 0.6) is 0 Å². The quantitative estimate of drug-likeness (QED) is 0.792. The Labute approximate surface area is 114 Å². The first-order valence-electron chi connectivity index (χ1n) is 5.63. The Morgan fingerprint density at radius 2 is 2.21 bits per heavy atom. The standard InChI is InChI=1S/C12H10ClN5O/c13-12-5-4-11(19-12)7-14-9-2-1-3-10(6-9)18-8-15-16-17-18/h1-6,8,14H,7H2. The summed E-state index contributed by atoms with van der Waals surface area (Å²) >= 11 is 5.71. The Kier molecular flexibility index (Phi) is 3.16. The van der Waals surface area contributed by atoms with E-state index in [1.165, 1.54) is 0 Å². The molecule has 0 unspecified atom stereocenters. The number of anilines is 1. The second-order valence-electron chi connectivity index (χ2n) is 3.86. The summed E-state index contributed by atoms with van der Waals surface area (Å²) in [6.45, 7) is 0.561. The van der Waals surface area contributed by atoms with Crippen molar-refractivity contribution < 1.29 is 4.42 Å². The first-order chi connectivity index (χ1) is 9.31. The Hall–Kier alpha value is -2.34. The van der Waals surface area contributed by atoms with Gasteiger partial charge in [0.2, 0.25) is 0 Å². The third-order valence-electron chi connectivity index (χ3n) is 2.56. The van der Waals surface area contributed by atoms with E-state index in [4.69, 9.17) is 16.0 Å². The maximum Gasteiger partial charge on any atom is 0.193 e. The van der Waals surface area contributed by atoms with E-state index in [2.05, 4.69) is 20.8 Å². The molecule has 0 saturated carbocycles. The van der Waals surface area contributed by atoms with Crippen molar-refractivity contribution in [1.29, 1.82) is 0 Å². The predicted octanol–water partition coefficient (Wildman–Crippen LogP) is 2.52. The van der Waals surface area contributed by atoms with Gasteiger partial charge in [-0.15, -0.1) is 5.10 Å². The fourth-order valence-electron chi connectivity index (χ4n) is 1.67. The summed E-state index contributed by atoms with van der Waals surface area (Å²) in [7, 11) is 0. The third kappa shape index (κ3) is 2.74. The average Bonchev–Trinajstić information content (AvgIpc) is 3.08. The monoisotopic (exact) mass is 275 g/mol. The van der Waals surface area contributed by atoms with E-state index in [1.54, 1.807) is 17.1 Å². The van der Waals surface area contributed by atoms with Crippen LogP contribution in [0.1, 0.15) is 5.76 Å². The molecule has 1 N–H and O–H groups in total. The van der Waals surface area contributed by atoms with Crippen LogP contribution in [0, 0.1) is 0 Å². The van der Waals surface area contributed by atoms with Crippen LogP contribution >= 0.6 is 11.6 Å². The molecule has 96 valence electrons. The Morgan fingerprint density at radius 3 is 2.95 bits per heavy atom. The number of aromatic nitrogens is 4. The number of tetrazole rings is 1. The molecule has 0 bridgehead atoms. The fourth-order valence-corrected chi connectivity index (χ4v) is 1.84. The number of hydrogen-bond acceptors (Lipinski definition) is 5. The maximum absolute atomic E-state index is 5.71. The van der Waals surface area contributed by atoms with Gasteiger partial charge < -0.3 is 9.73 Å². The molecule has 0 fully saturated rings. The summed E-state index contributed by atoms with van der Waals surface area (Å²) in [4.78, 5) is 0. The van der Waals surface area contributed by atoms with Gasteiger partial charge in [0.1, 0.15) is 12.1 Å². The highest BCUT2D eigenvalue weighted by molar-refractivity contribution is 6.28. The van der Waals surface area contributed by atoms with Gasteiger partial charge >= 0.3 is 0 Å². The van der Waals surface area contributed by atoms with Crippen molar-refractivity contribution in [3.8, 4) is 5.69 Å². The van der Waals surface area contributed by atoms with Crippen molar-refractivity contribution in [3.05, 3.63) is 53.7 Å². The zero-order valence-corrected chi connectivity index (χ0v) is 10.6. The SMILES string of the molecule is Clc1ccc(CNc2cccc(-n3cnnn3)c2)o1. The molecule has 0 aliphatic carbocycles. The van der Waals surface area contributed by atoms with Crippen LogP contribution in [-0.4, -0.2) is 20.2 Å². The molecule has 0 radical (unpaired) electrons.